The first-order chi connectivity index (χ1) is 21.3. The van der Waals surface area contributed by atoms with Crippen molar-refractivity contribution in [3.8, 4) is 0 Å². The zero-order valence-electron chi connectivity index (χ0n) is 25.4. The molecule has 5 nitrogen and oxygen atoms in total. The lowest BCUT2D eigenvalue weighted by Gasteiger charge is -2.18. The Morgan fingerprint density at radius 2 is 1.55 bits per heavy atom. The molecule has 0 radical (unpaired) electrons. The zero-order valence-corrected chi connectivity index (χ0v) is 25.4. The number of rotatable bonds is 7. The van der Waals surface area contributed by atoms with Gasteiger partial charge in [-0.2, -0.15) is 0 Å². The van der Waals surface area contributed by atoms with E-state index in [-0.39, 0.29) is 17.9 Å². The number of nitrogens with zero attached hydrogens (tertiary/aromatic N) is 1. The number of hydrogen-bond acceptors (Lipinski definition) is 4. The number of allylic oxidation sites excluding steroid dienone is 1. The van der Waals surface area contributed by atoms with Gasteiger partial charge < -0.3 is 10.1 Å². The molecule has 1 amide bonds. The molecule has 1 aromatic heterocycles. The first-order valence-electron chi connectivity index (χ1n) is 15.1. The number of para-hydroxylation sites is 2. The van der Waals surface area contributed by atoms with Crippen molar-refractivity contribution in [3.63, 3.8) is 0 Å². The second-order valence-electron chi connectivity index (χ2n) is 12.3. The van der Waals surface area contributed by atoms with Crippen molar-refractivity contribution in [2.45, 2.75) is 45.4 Å². The molecule has 0 saturated carbocycles. The summed E-state index contributed by atoms with van der Waals surface area (Å²) in [5.41, 5.74) is 9.34. The van der Waals surface area contributed by atoms with Crippen molar-refractivity contribution >= 4 is 40.1 Å². The van der Waals surface area contributed by atoms with Gasteiger partial charge in [0.05, 0.1) is 16.8 Å². The maximum atomic E-state index is 13.6. The van der Waals surface area contributed by atoms with E-state index in [4.69, 9.17) is 9.72 Å². The Morgan fingerprint density at radius 3 is 2.32 bits per heavy atom. The molecule has 0 spiro atoms. The number of hydrogen-bond donors (Lipinski definition) is 1. The zero-order chi connectivity index (χ0) is 30.7. The van der Waals surface area contributed by atoms with E-state index < -0.39 is 5.97 Å². The van der Waals surface area contributed by atoms with E-state index in [2.05, 4.69) is 68.6 Å². The number of fused-ring (bicyclic) bond motifs is 2. The number of esters is 1. The third-order valence-corrected chi connectivity index (χ3v) is 8.13. The van der Waals surface area contributed by atoms with Gasteiger partial charge in [-0.3, -0.25) is 4.79 Å². The number of carbonyl (C=O) groups excluding carboxylic acids is 2. The largest absolute Gasteiger partial charge is 0.452 e. The van der Waals surface area contributed by atoms with Crippen LogP contribution in [0.2, 0.25) is 0 Å². The number of nitrogens with one attached hydrogen (secondary N) is 1. The molecule has 1 aliphatic carbocycles. The molecular weight excluding hydrogens is 544 g/mol. The van der Waals surface area contributed by atoms with E-state index in [9.17, 15) is 9.59 Å². The maximum Gasteiger partial charge on any atom is 0.339 e. The number of amides is 1. The highest BCUT2D eigenvalue weighted by Gasteiger charge is 2.28. The van der Waals surface area contributed by atoms with Crippen LogP contribution in [0.15, 0.2) is 103 Å². The van der Waals surface area contributed by atoms with Crippen molar-refractivity contribution in [1.82, 2.24) is 4.98 Å². The van der Waals surface area contributed by atoms with E-state index in [1.165, 1.54) is 5.56 Å². The van der Waals surface area contributed by atoms with Crippen molar-refractivity contribution in [1.29, 1.82) is 0 Å². The molecule has 0 bridgehead atoms. The van der Waals surface area contributed by atoms with Crippen molar-refractivity contribution < 1.29 is 14.3 Å². The van der Waals surface area contributed by atoms with E-state index in [0.29, 0.717) is 24.1 Å². The Labute approximate surface area is 258 Å². The van der Waals surface area contributed by atoms with Crippen LogP contribution < -0.4 is 5.32 Å². The highest BCUT2D eigenvalue weighted by Crippen LogP contribution is 2.38. The van der Waals surface area contributed by atoms with Gasteiger partial charge in [-0.05, 0) is 76.3 Å². The van der Waals surface area contributed by atoms with E-state index >= 15 is 0 Å². The first kappa shape index (κ1) is 29.1. The minimum atomic E-state index is -0.511. The topological polar surface area (TPSA) is 68.3 Å². The van der Waals surface area contributed by atoms with Gasteiger partial charge in [0, 0.05) is 11.1 Å². The van der Waals surface area contributed by atoms with Crippen LogP contribution in [-0.4, -0.2) is 23.5 Å². The average Bonchev–Trinajstić information content (AvgIpc) is 3.41. The lowest BCUT2D eigenvalue weighted by molar-refractivity contribution is -0.119. The molecule has 220 valence electrons. The lowest BCUT2D eigenvalue weighted by atomic mass is 9.86. The molecule has 0 saturated heterocycles. The monoisotopic (exact) mass is 580 g/mol. The molecule has 0 unspecified atom stereocenters. The smallest absolute Gasteiger partial charge is 0.339 e. The van der Waals surface area contributed by atoms with Crippen LogP contribution in [0, 0.1) is 0 Å². The minimum absolute atomic E-state index is 0.0871. The summed E-state index contributed by atoms with van der Waals surface area (Å²) in [6.07, 6.45) is 4.31. The van der Waals surface area contributed by atoms with Crippen LogP contribution >= 0.6 is 0 Å². The molecule has 0 atom stereocenters. The van der Waals surface area contributed by atoms with Gasteiger partial charge in [-0.25, -0.2) is 9.78 Å². The normalized spacial score (nSPS) is 13.6. The number of anilines is 1. The van der Waals surface area contributed by atoms with Crippen LogP contribution in [-0.2, 0) is 27.8 Å². The molecule has 1 heterocycles. The molecule has 5 heteroatoms. The average molecular weight is 581 g/mol. The first-order valence-corrected chi connectivity index (χ1v) is 15.1. The van der Waals surface area contributed by atoms with E-state index in [1.807, 2.05) is 66.7 Å². The third-order valence-electron chi connectivity index (χ3n) is 8.13. The summed E-state index contributed by atoms with van der Waals surface area (Å²) in [5.74, 6) is -0.892. The Kier molecular flexibility index (Phi) is 8.12. The molecule has 5 aromatic rings. The fourth-order valence-corrected chi connectivity index (χ4v) is 5.79. The van der Waals surface area contributed by atoms with Crippen molar-refractivity contribution in [2.75, 3.05) is 11.9 Å². The second kappa shape index (κ2) is 12.3. The number of carbonyl (C=O) groups is 2. The van der Waals surface area contributed by atoms with Gasteiger partial charge in [-0.1, -0.05) is 112 Å². The molecule has 0 fully saturated rings. The van der Waals surface area contributed by atoms with Crippen molar-refractivity contribution in [2.24, 2.45) is 0 Å². The lowest BCUT2D eigenvalue weighted by Crippen LogP contribution is -2.22. The summed E-state index contributed by atoms with van der Waals surface area (Å²) < 4.78 is 5.65. The van der Waals surface area contributed by atoms with Gasteiger partial charge >= 0.3 is 5.97 Å². The molecule has 1 aliphatic rings. The molecule has 6 rings (SSSR count). The molecule has 4 aromatic carbocycles. The summed E-state index contributed by atoms with van der Waals surface area (Å²) in [7, 11) is 0. The highest BCUT2D eigenvalue weighted by atomic mass is 16.5. The SMILES string of the molecule is CC(C)(C)c1ccc(/C=C2\CCc3c2nc2ccccc2c3C(=O)OCC(=O)Nc2ccccc2Cc2ccccc2)cc1. The van der Waals surface area contributed by atoms with E-state index in [0.717, 1.165) is 50.8 Å². The summed E-state index contributed by atoms with van der Waals surface area (Å²) in [5, 5.41) is 3.67. The highest BCUT2D eigenvalue weighted by molar-refractivity contribution is 6.08. The van der Waals surface area contributed by atoms with Crippen LogP contribution in [0.25, 0.3) is 22.6 Å². The van der Waals surface area contributed by atoms with Crippen LogP contribution in [0.1, 0.15) is 71.1 Å². The van der Waals surface area contributed by atoms with E-state index in [1.54, 1.807) is 0 Å². The predicted molar refractivity (Wildman–Crippen MR) is 178 cm³/mol. The standard InChI is InChI=1S/C39H36N2O3/c1-39(2,3)30-20-17-27(18-21-30)24-29-19-22-32-36(31-14-8-10-16-34(31)41-37(29)32)38(43)44-25-35(42)40-33-15-9-7-13-28(33)23-26-11-5-4-6-12-26/h4-18,20-21,24H,19,22-23,25H2,1-3H3,(H,40,42)/b29-24+. The Hall–Kier alpha value is -5.03. The van der Waals surface area contributed by atoms with Gasteiger partial charge in [0.2, 0.25) is 0 Å². The molecular formula is C39H36N2O3. The number of aromatic nitrogens is 1. The van der Waals surface area contributed by atoms with Crippen LogP contribution in [0.3, 0.4) is 0 Å². The predicted octanol–water partition coefficient (Wildman–Crippen LogP) is 8.41. The van der Waals surface area contributed by atoms with Gasteiger partial charge in [0.1, 0.15) is 0 Å². The summed E-state index contributed by atoms with van der Waals surface area (Å²) >= 11 is 0. The van der Waals surface area contributed by atoms with Crippen molar-refractivity contribution in [3.05, 3.63) is 142 Å². The Balaban J connectivity index is 1.22. The third kappa shape index (κ3) is 6.32. The Morgan fingerprint density at radius 1 is 0.841 bits per heavy atom. The van der Waals surface area contributed by atoms with Gasteiger partial charge in [0.15, 0.2) is 6.61 Å². The molecule has 1 N–H and O–H groups in total. The summed E-state index contributed by atoms with van der Waals surface area (Å²) in [6, 6.07) is 34.0. The Bertz CT molecular complexity index is 1870. The number of pyridine rings is 1. The van der Waals surface area contributed by atoms with Gasteiger partial charge in [0.25, 0.3) is 5.91 Å². The maximum absolute atomic E-state index is 13.6. The van der Waals surface area contributed by atoms with Crippen LogP contribution in [0.4, 0.5) is 5.69 Å². The number of benzene rings is 4. The second-order valence-corrected chi connectivity index (χ2v) is 12.3. The quantitative estimate of drug-likeness (QED) is 0.196. The van der Waals surface area contributed by atoms with Gasteiger partial charge in [-0.15, -0.1) is 0 Å². The molecule has 0 aliphatic heterocycles. The fourth-order valence-electron chi connectivity index (χ4n) is 5.79. The minimum Gasteiger partial charge on any atom is -0.452 e. The summed E-state index contributed by atoms with van der Waals surface area (Å²) in [6.45, 7) is 6.24. The number of ether oxygens (including phenoxy) is 1. The van der Waals surface area contributed by atoms with Crippen LogP contribution in [0.5, 0.6) is 0 Å². The molecule has 44 heavy (non-hydrogen) atoms. The summed E-state index contributed by atoms with van der Waals surface area (Å²) in [4.78, 5) is 31.6. The fraction of sp³-hybridized carbons (Fsp3) is 0.205.